The molecule has 0 bridgehead atoms. The van der Waals surface area contributed by atoms with E-state index in [4.69, 9.17) is 14.7 Å². The van der Waals surface area contributed by atoms with Gasteiger partial charge in [-0.25, -0.2) is 15.0 Å². The monoisotopic (exact) mass is 341 g/mol. The maximum atomic E-state index is 5.28. The maximum absolute atomic E-state index is 5.28. The van der Waals surface area contributed by atoms with Crippen molar-refractivity contribution in [3.8, 4) is 28.3 Å². The molecule has 0 aliphatic carbocycles. The number of ether oxygens (including phenoxy) is 1. The minimum absolute atomic E-state index is 0.609. The van der Waals surface area contributed by atoms with E-state index in [-0.39, 0.29) is 0 Å². The highest BCUT2D eigenvalue weighted by molar-refractivity contribution is 5.85. The van der Waals surface area contributed by atoms with Crippen molar-refractivity contribution in [1.29, 1.82) is 0 Å². The second-order valence-electron chi connectivity index (χ2n) is 6.37. The molecule has 2 heterocycles. The van der Waals surface area contributed by atoms with Crippen LogP contribution in [0.15, 0.2) is 60.8 Å². The van der Waals surface area contributed by atoms with E-state index in [1.807, 2.05) is 6.07 Å². The Labute approximate surface area is 152 Å². The summed E-state index contributed by atoms with van der Waals surface area (Å²) >= 11 is 0. The Morgan fingerprint density at radius 1 is 0.731 bits per heavy atom. The van der Waals surface area contributed by atoms with Gasteiger partial charge in [0.2, 0.25) is 0 Å². The van der Waals surface area contributed by atoms with Crippen molar-refractivity contribution in [3.63, 3.8) is 0 Å². The van der Waals surface area contributed by atoms with E-state index in [9.17, 15) is 0 Å². The fraction of sp³-hybridized carbons (Fsp3) is 0.136. The van der Waals surface area contributed by atoms with Crippen molar-refractivity contribution in [3.05, 3.63) is 71.9 Å². The molecule has 128 valence electrons. The molecule has 0 atom stereocenters. The number of benzene rings is 2. The lowest BCUT2D eigenvalue weighted by Crippen LogP contribution is -1.98. The van der Waals surface area contributed by atoms with Crippen molar-refractivity contribution in [1.82, 2.24) is 15.0 Å². The van der Waals surface area contributed by atoms with Crippen LogP contribution in [0, 0.1) is 13.8 Å². The van der Waals surface area contributed by atoms with E-state index < -0.39 is 0 Å². The molecule has 4 nitrogen and oxygen atoms in total. The fourth-order valence-electron chi connectivity index (χ4n) is 2.87. The maximum Gasteiger partial charge on any atom is 0.179 e. The van der Waals surface area contributed by atoms with Gasteiger partial charge >= 0.3 is 0 Å². The van der Waals surface area contributed by atoms with Gasteiger partial charge < -0.3 is 4.74 Å². The molecule has 4 aromatic rings. The average Bonchev–Trinajstić information content (AvgIpc) is 2.68. The number of hydrogen-bond donors (Lipinski definition) is 0. The first-order chi connectivity index (χ1) is 12.6. The summed E-state index contributed by atoms with van der Waals surface area (Å²) in [5, 5.41) is 0. The Hall–Kier alpha value is -3.27. The number of fused-ring (bicyclic) bond motifs is 1. The molecule has 0 fully saturated rings. The second-order valence-corrected chi connectivity index (χ2v) is 6.37. The molecule has 0 spiro atoms. The van der Waals surface area contributed by atoms with Gasteiger partial charge in [0.25, 0.3) is 0 Å². The first-order valence-corrected chi connectivity index (χ1v) is 8.50. The molecule has 0 unspecified atom stereocenters. The number of pyridine rings is 1. The lowest BCUT2D eigenvalue weighted by Gasteiger charge is -2.11. The third kappa shape index (κ3) is 3.02. The lowest BCUT2D eigenvalue weighted by molar-refractivity contribution is 0.413. The van der Waals surface area contributed by atoms with Crippen molar-refractivity contribution in [2.75, 3.05) is 7.11 Å². The summed E-state index contributed by atoms with van der Waals surface area (Å²) < 4.78 is 5.28. The van der Waals surface area contributed by atoms with Crippen LogP contribution in [0.1, 0.15) is 11.1 Å². The summed E-state index contributed by atoms with van der Waals surface area (Å²) in [6.45, 7) is 4.15. The minimum Gasteiger partial charge on any atom is -0.495 e. The summed E-state index contributed by atoms with van der Waals surface area (Å²) in [5.41, 5.74) is 7.48. The van der Waals surface area contributed by atoms with Gasteiger partial charge in [0.05, 0.1) is 24.7 Å². The molecular weight excluding hydrogens is 322 g/mol. The molecule has 0 N–H and O–H groups in total. The van der Waals surface area contributed by atoms with Crippen molar-refractivity contribution >= 4 is 11.2 Å². The highest BCUT2D eigenvalue weighted by atomic mass is 16.5. The van der Waals surface area contributed by atoms with Crippen LogP contribution in [0.2, 0.25) is 0 Å². The topological polar surface area (TPSA) is 47.9 Å². The third-order valence-electron chi connectivity index (χ3n) is 4.38. The number of aryl methyl sites for hydroxylation is 2. The summed E-state index contributed by atoms with van der Waals surface area (Å²) in [5.74, 6) is 0.671. The van der Waals surface area contributed by atoms with E-state index in [2.05, 4.69) is 67.4 Å². The van der Waals surface area contributed by atoms with Crippen molar-refractivity contribution in [2.24, 2.45) is 0 Å². The smallest absolute Gasteiger partial charge is 0.179 e. The molecule has 4 heteroatoms. The third-order valence-corrected chi connectivity index (χ3v) is 4.38. The summed E-state index contributed by atoms with van der Waals surface area (Å²) in [7, 11) is 1.62. The van der Waals surface area contributed by atoms with Crippen molar-refractivity contribution < 1.29 is 4.74 Å². The molecule has 26 heavy (non-hydrogen) atoms. The van der Waals surface area contributed by atoms with E-state index >= 15 is 0 Å². The molecule has 0 aliphatic heterocycles. The Morgan fingerprint density at radius 3 is 1.81 bits per heavy atom. The summed E-state index contributed by atoms with van der Waals surface area (Å²) in [6.07, 6.45) is 1.67. The number of hydrogen-bond acceptors (Lipinski definition) is 4. The molecule has 2 aromatic heterocycles. The van der Waals surface area contributed by atoms with E-state index in [0.717, 1.165) is 28.0 Å². The molecule has 0 aliphatic rings. The van der Waals surface area contributed by atoms with Crippen LogP contribution >= 0.6 is 0 Å². The van der Waals surface area contributed by atoms with Gasteiger partial charge in [-0.3, -0.25) is 0 Å². The van der Waals surface area contributed by atoms with Crippen LogP contribution in [0.5, 0.6) is 5.75 Å². The number of rotatable bonds is 3. The van der Waals surface area contributed by atoms with Crippen LogP contribution in [0.4, 0.5) is 0 Å². The first kappa shape index (κ1) is 16.2. The molecule has 0 radical (unpaired) electrons. The lowest BCUT2D eigenvalue weighted by atomic mass is 10.0. The Morgan fingerprint density at radius 2 is 1.27 bits per heavy atom. The van der Waals surface area contributed by atoms with E-state index in [0.29, 0.717) is 11.4 Å². The fourth-order valence-corrected chi connectivity index (χ4v) is 2.87. The number of nitrogens with zero attached hydrogens (tertiary/aromatic N) is 3. The van der Waals surface area contributed by atoms with Crippen LogP contribution < -0.4 is 4.74 Å². The van der Waals surface area contributed by atoms with E-state index in [1.165, 1.54) is 11.1 Å². The zero-order valence-corrected chi connectivity index (χ0v) is 15.0. The van der Waals surface area contributed by atoms with Crippen LogP contribution in [-0.4, -0.2) is 22.1 Å². The van der Waals surface area contributed by atoms with Gasteiger partial charge in [-0.2, -0.15) is 0 Å². The Bertz CT molecular complexity index is 1070. The van der Waals surface area contributed by atoms with Gasteiger partial charge in [0, 0.05) is 17.2 Å². The first-order valence-electron chi connectivity index (χ1n) is 8.50. The molecule has 0 saturated heterocycles. The van der Waals surface area contributed by atoms with Crippen LogP contribution in [0.25, 0.3) is 33.7 Å². The molecule has 2 aromatic carbocycles. The van der Waals surface area contributed by atoms with Crippen LogP contribution in [0.3, 0.4) is 0 Å². The Kier molecular flexibility index (Phi) is 4.09. The molecule has 4 rings (SSSR count). The quantitative estimate of drug-likeness (QED) is 0.527. The van der Waals surface area contributed by atoms with Gasteiger partial charge in [-0.05, 0) is 13.8 Å². The average molecular weight is 341 g/mol. The predicted octanol–water partition coefficient (Wildman–Crippen LogP) is 4.98. The normalized spacial score (nSPS) is 10.9. The highest BCUT2D eigenvalue weighted by Gasteiger charge is 2.14. The molecular formula is C22H19N3O. The summed E-state index contributed by atoms with van der Waals surface area (Å²) in [6, 6.07) is 18.5. The Balaban J connectivity index is 1.99. The van der Waals surface area contributed by atoms with Crippen molar-refractivity contribution in [2.45, 2.75) is 13.8 Å². The number of aromatic nitrogens is 3. The predicted molar refractivity (Wildman–Crippen MR) is 104 cm³/mol. The van der Waals surface area contributed by atoms with Crippen LogP contribution in [-0.2, 0) is 0 Å². The molecule has 0 amide bonds. The second kappa shape index (κ2) is 6.56. The summed E-state index contributed by atoms with van der Waals surface area (Å²) in [4.78, 5) is 14.1. The van der Waals surface area contributed by atoms with E-state index in [1.54, 1.807) is 13.3 Å². The highest BCUT2D eigenvalue weighted by Crippen LogP contribution is 2.31. The minimum atomic E-state index is 0.609. The SMILES string of the molecule is COc1cnc2nc(-c3ccc(C)cc3)c(-c3ccc(C)cc3)nc2c1. The van der Waals surface area contributed by atoms with Gasteiger partial charge in [-0.15, -0.1) is 0 Å². The molecule has 0 saturated carbocycles. The zero-order valence-electron chi connectivity index (χ0n) is 15.0. The van der Waals surface area contributed by atoms with Gasteiger partial charge in [0.1, 0.15) is 11.3 Å². The number of methoxy groups -OCH3 is 1. The van der Waals surface area contributed by atoms with Gasteiger partial charge in [-0.1, -0.05) is 59.7 Å². The standard InChI is InChI=1S/C22H19N3O/c1-14-4-8-16(9-5-14)20-21(17-10-6-15(2)7-11-17)25-22-19(24-20)12-18(26-3)13-23-22/h4-13H,1-3H3. The van der Waals surface area contributed by atoms with Gasteiger partial charge in [0.15, 0.2) is 5.65 Å². The largest absolute Gasteiger partial charge is 0.495 e. The zero-order chi connectivity index (χ0) is 18.1.